The zero-order valence-corrected chi connectivity index (χ0v) is 15.6. The molecule has 1 saturated heterocycles. The van der Waals surface area contributed by atoms with Gasteiger partial charge >= 0.3 is 0 Å². The summed E-state index contributed by atoms with van der Waals surface area (Å²) in [5, 5.41) is 9.80. The lowest BCUT2D eigenvalue weighted by Crippen LogP contribution is -2.35. The van der Waals surface area contributed by atoms with Gasteiger partial charge in [-0.25, -0.2) is 0 Å². The summed E-state index contributed by atoms with van der Waals surface area (Å²) in [7, 11) is 0. The second kappa shape index (κ2) is 8.77. The number of morpholine rings is 1. The highest BCUT2D eigenvalue weighted by molar-refractivity contribution is 6.03. The molecule has 0 spiro atoms. The summed E-state index contributed by atoms with van der Waals surface area (Å²) in [5.41, 5.74) is 4.40. The quantitative estimate of drug-likeness (QED) is 0.690. The molecule has 1 aliphatic heterocycles. The van der Waals surface area contributed by atoms with Crippen LogP contribution in [0.5, 0.6) is 0 Å². The maximum atomic E-state index is 12.7. The number of benzene rings is 1. The van der Waals surface area contributed by atoms with Gasteiger partial charge in [0.25, 0.3) is 5.91 Å². The van der Waals surface area contributed by atoms with Gasteiger partial charge in [0.15, 0.2) is 0 Å². The van der Waals surface area contributed by atoms with Crippen molar-refractivity contribution in [2.24, 2.45) is 0 Å². The molecule has 1 fully saturated rings. The van der Waals surface area contributed by atoms with Crippen LogP contribution in [-0.2, 0) is 17.7 Å². The van der Waals surface area contributed by atoms with Crippen molar-refractivity contribution in [2.75, 3.05) is 31.6 Å². The molecule has 144 valence electrons. The Morgan fingerprint density at radius 1 is 1.07 bits per heavy atom. The number of nitrogens with zero attached hydrogens (tertiary/aromatic N) is 3. The van der Waals surface area contributed by atoms with E-state index in [2.05, 4.69) is 37.5 Å². The third-order valence-electron chi connectivity index (χ3n) is 4.81. The zero-order valence-electron chi connectivity index (χ0n) is 15.6. The van der Waals surface area contributed by atoms with E-state index in [0.29, 0.717) is 12.1 Å². The molecular formula is C21H23N5O2. The van der Waals surface area contributed by atoms with E-state index in [1.54, 1.807) is 18.6 Å². The molecule has 3 aromatic rings. The van der Waals surface area contributed by atoms with Crippen LogP contribution in [-0.4, -0.2) is 52.3 Å². The number of rotatable bonds is 6. The summed E-state index contributed by atoms with van der Waals surface area (Å²) in [6, 6.07) is 11.8. The Labute approximate surface area is 163 Å². The van der Waals surface area contributed by atoms with Gasteiger partial charge < -0.3 is 10.1 Å². The Morgan fingerprint density at radius 2 is 1.82 bits per heavy atom. The van der Waals surface area contributed by atoms with Crippen LogP contribution in [0.1, 0.15) is 27.2 Å². The van der Waals surface area contributed by atoms with Crippen molar-refractivity contribution in [3.63, 3.8) is 0 Å². The molecule has 7 nitrogen and oxygen atoms in total. The van der Waals surface area contributed by atoms with E-state index in [1.807, 2.05) is 24.3 Å². The minimum atomic E-state index is -0.192. The number of carbonyl (C=O) groups is 1. The van der Waals surface area contributed by atoms with Gasteiger partial charge in [-0.15, -0.1) is 0 Å². The lowest BCUT2D eigenvalue weighted by atomic mass is 10.1. The van der Waals surface area contributed by atoms with Crippen LogP contribution in [0.25, 0.3) is 0 Å². The molecule has 0 atom stereocenters. The van der Waals surface area contributed by atoms with E-state index in [-0.39, 0.29) is 5.91 Å². The Morgan fingerprint density at radius 3 is 2.57 bits per heavy atom. The SMILES string of the molecule is O=C(Nc1ccc(CN2CCOCC2)cc1)c1[nH]ncc1Cc1ccncc1. The lowest BCUT2D eigenvalue weighted by Gasteiger charge is -2.26. The van der Waals surface area contributed by atoms with Crippen molar-refractivity contribution in [2.45, 2.75) is 13.0 Å². The average molecular weight is 377 g/mol. The van der Waals surface area contributed by atoms with Gasteiger partial charge in [-0.3, -0.25) is 19.8 Å². The molecule has 7 heteroatoms. The minimum Gasteiger partial charge on any atom is -0.379 e. The molecule has 2 N–H and O–H groups in total. The maximum absolute atomic E-state index is 12.7. The summed E-state index contributed by atoms with van der Waals surface area (Å²) >= 11 is 0. The van der Waals surface area contributed by atoms with Crippen LogP contribution in [0, 0.1) is 0 Å². The predicted molar refractivity (Wildman–Crippen MR) is 106 cm³/mol. The van der Waals surface area contributed by atoms with Crippen molar-refractivity contribution in [3.05, 3.63) is 77.4 Å². The second-order valence-electron chi connectivity index (χ2n) is 6.84. The second-order valence-corrected chi connectivity index (χ2v) is 6.84. The molecule has 0 unspecified atom stereocenters. The Hall–Kier alpha value is -3.03. The van der Waals surface area contributed by atoms with Crippen molar-refractivity contribution in [1.82, 2.24) is 20.1 Å². The topological polar surface area (TPSA) is 83.1 Å². The van der Waals surface area contributed by atoms with E-state index in [1.165, 1.54) is 5.56 Å². The largest absolute Gasteiger partial charge is 0.379 e. The molecule has 0 radical (unpaired) electrons. The summed E-state index contributed by atoms with van der Waals surface area (Å²) in [6.45, 7) is 4.39. The van der Waals surface area contributed by atoms with E-state index in [4.69, 9.17) is 4.74 Å². The van der Waals surface area contributed by atoms with E-state index in [9.17, 15) is 4.79 Å². The highest BCUT2D eigenvalue weighted by Crippen LogP contribution is 2.16. The molecular weight excluding hydrogens is 354 g/mol. The summed E-state index contributed by atoms with van der Waals surface area (Å²) in [5.74, 6) is -0.192. The zero-order chi connectivity index (χ0) is 19.2. The lowest BCUT2D eigenvalue weighted by molar-refractivity contribution is 0.0342. The number of ether oxygens (including phenoxy) is 1. The highest BCUT2D eigenvalue weighted by Gasteiger charge is 2.15. The molecule has 0 bridgehead atoms. The molecule has 28 heavy (non-hydrogen) atoms. The van der Waals surface area contributed by atoms with Crippen LogP contribution in [0.4, 0.5) is 5.69 Å². The standard InChI is InChI=1S/C21H23N5O2/c27-21(20-18(14-23-25-20)13-16-5-7-22-8-6-16)24-19-3-1-17(2-4-19)15-26-9-11-28-12-10-26/h1-8,14H,9-13,15H2,(H,23,25)(H,24,27). The van der Waals surface area contributed by atoms with Crippen LogP contribution < -0.4 is 5.32 Å². The van der Waals surface area contributed by atoms with Gasteiger partial charge in [0.1, 0.15) is 5.69 Å². The number of nitrogens with one attached hydrogen (secondary N) is 2. The number of pyridine rings is 1. The smallest absolute Gasteiger partial charge is 0.273 e. The molecule has 4 rings (SSSR count). The third kappa shape index (κ3) is 4.62. The number of aromatic amines is 1. The van der Waals surface area contributed by atoms with Gasteiger partial charge in [-0.05, 0) is 35.4 Å². The van der Waals surface area contributed by atoms with Crippen LogP contribution in [0.2, 0.25) is 0 Å². The number of carbonyl (C=O) groups excluding carboxylic acids is 1. The first-order valence-electron chi connectivity index (χ1n) is 9.39. The molecule has 1 aromatic carbocycles. The van der Waals surface area contributed by atoms with Gasteiger partial charge in [-0.2, -0.15) is 5.10 Å². The fourth-order valence-electron chi connectivity index (χ4n) is 3.27. The Balaban J connectivity index is 1.38. The fourth-order valence-corrected chi connectivity index (χ4v) is 3.27. The van der Waals surface area contributed by atoms with Crippen molar-refractivity contribution in [3.8, 4) is 0 Å². The van der Waals surface area contributed by atoms with Gasteiger partial charge in [0.2, 0.25) is 0 Å². The summed E-state index contributed by atoms with van der Waals surface area (Å²) in [4.78, 5) is 19.1. The first-order valence-corrected chi connectivity index (χ1v) is 9.39. The molecule has 1 aliphatic rings. The van der Waals surface area contributed by atoms with Gasteiger partial charge in [0, 0.05) is 49.7 Å². The van der Waals surface area contributed by atoms with E-state index < -0.39 is 0 Å². The molecule has 3 heterocycles. The predicted octanol–water partition coefficient (Wildman–Crippen LogP) is 2.48. The Kier molecular flexibility index (Phi) is 5.75. The van der Waals surface area contributed by atoms with Crippen molar-refractivity contribution < 1.29 is 9.53 Å². The highest BCUT2D eigenvalue weighted by atomic mass is 16.5. The number of anilines is 1. The molecule has 0 aliphatic carbocycles. The Bertz CT molecular complexity index is 902. The molecule has 0 saturated carbocycles. The fraction of sp³-hybridized carbons (Fsp3) is 0.286. The molecule has 2 aromatic heterocycles. The van der Waals surface area contributed by atoms with Crippen molar-refractivity contribution in [1.29, 1.82) is 0 Å². The number of hydrogen-bond donors (Lipinski definition) is 2. The third-order valence-corrected chi connectivity index (χ3v) is 4.81. The summed E-state index contributed by atoms with van der Waals surface area (Å²) in [6.07, 6.45) is 5.81. The number of hydrogen-bond acceptors (Lipinski definition) is 5. The van der Waals surface area contributed by atoms with E-state index in [0.717, 1.165) is 49.7 Å². The van der Waals surface area contributed by atoms with Gasteiger partial charge in [-0.1, -0.05) is 12.1 Å². The normalized spacial score (nSPS) is 14.7. The number of amides is 1. The molecule has 1 amide bonds. The first kappa shape index (κ1) is 18.3. The number of H-pyrrole nitrogens is 1. The average Bonchev–Trinajstić information content (AvgIpc) is 3.19. The van der Waals surface area contributed by atoms with E-state index >= 15 is 0 Å². The first-order chi connectivity index (χ1) is 13.8. The summed E-state index contributed by atoms with van der Waals surface area (Å²) < 4.78 is 5.38. The van der Waals surface area contributed by atoms with Gasteiger partial charge in [0.05, 0.1) is 19.4 Å². The van der Waals surface area contributed by atoms with Crippen molar-refractivity contribution >= 4 is 11.6 Å². The minimum absolute atomic E-state index is 0.192. The van der Waals surface area contributed by atoms with Crippen LogP contribution >= 0.6 is 0 Å². The number of aromatic nitrogens is 3. The maximum Gasteiger partial charge on any atom is 0.273 e. The monoisotopic (exact) mass is 377 g/mol. The van der Waals surface area contributed by atoms with Crippen LogP contribution in [0.3, 0.4) is 0 Å². The van der Waals surface area contributed by atoms with Crippen LogP contribution in [0.15, 0.2) is 55.0 Å².